The summed E-state index contributed by atoms with van der Waals surface area (Å²) in [6.45, 7) is 5.74. The number of nitrogens with two attached hydrogens (primary N) is 1. The molecule has 2 N–H and O–H groups in total. The molecule has 23 heavy (non-hydrogen) atoms. The number of aryl methyl sites for hydroxylation is 2. The van der Waals surface area contributed by atoms with Gasteiger partial charge in [-0.2, -0.15) is 4.31 Å². The van der Waals surface area contributed by atoms with Crippen molar-refractivity contribution < 1.29 is 16.8 Å². The second kappa shape index (κ2) is 6.86. The minimum absolute atomic E-state index is 0.114. The fraction of sp³-hybridized carbons (Fsp3) is 0.571. The monoisotopic (exact) mass is 361 g/mol. The zero-order valence-corrected chi connectivity index (χ0v) is 15.0. The summed E-state index contributed by atoms with van der Waals surface area (Å²) in [6, 6.07) is 5.30. The van der Waals surface area contributed by atoms with Gasteiger partial charge in [0.1, 0.15) is 0 Å². The maximum absolute atomic E-state index is 12.7. The van der Waals surface area contributed by atoms with Crippen molar-refractivity contribution in [2.45, 2.75) is 18.7 Å². The number of sulfonamides is 2. The number of hydrogen-bond donors (Lipinski definition) is 1. The zero-order valence-electron chi connectivity index (χ0n) is 13.4. The van der Waals surface area contributed by atoms with Gasteiger partial charge in [-0.05, 0) is 25.5 Å². The summed E-state index contributed by atoms with van der Waals surface area (Å²) in [5, 5.41) is 4.99. The molecule has 1 heterocycles. The molecule has 0 saturated carbocycles. The van der Waals surface area contributed by atoms with Crippen LogP contribution in [0.4, 0.5) is 0 Å². The molecule has 0 spiro atoms. The van der Waals surface area contributed by atoms with Crippen LogP contribution in [0.5, 0.6) is 0 Å². The van der Waals surface area contributed by atoms with Crippen LogP contribution in [0.25, 0.3) is 0 Å². The summed E-state index contributed by atoms with van der Waals surface area (Å²) < 4.78 is 48.9. The van der Waals surface area contributed by atoms with Crippen LogP contribution < -0.4 is 5.14 Å². The van der Waals surface area contributed by atoms with E-state index in [1.54, 1.807) is 19.1 Å². The molecule has 0 aromatic heterocycles. The Morgan fingerprint density at radius 2 is 1.65 bits per heavy atom. The molecule has 1 aliphatic heterocycles. The molecule has 0 unspecified atom stereocenters. The number of piperazine rings is 1. The summed E-state index contributed by atoms with van der Waals surface area (Å²) >= 11 is 0. The maximum atomic E-state index is 12.7. The zero-order chi connectivity index (χ0) is 17.3. The Labute approximate surface area is 138 Å². The molecule has 1 saturated heterocycles. The smallest absolute Gasteiger partial charge is 0.243 e. The van der Waals surface area contributed by atoms with E-state index in [0.717, 1.165) is 11.1 Å². The lowest BCUT2D eigenvalue weighted by Crippen LogP contribution is -2.49. The standard InChI is InChI=1S/C14H23N3O4S2/c1-12-3-4-14(13(2)11-12)23(20,21)17-7-5-16(6-8-17)9-10-22(15,18)19/h3-4,11H,5-10H2,1-2H3,(H2,15,18,19). The van der Waals surface area contributed by atoms with Crippen molar-refractivity contribution in [1.29, 1.82) is 0 Å². The van der Waals surface area contributed by atoms with E-state index < -0.39 is 20.0 Å². The molecule has 9 heteroatoms. The van der Waals surface area contributed by atoms with Crippen LogP contribution in [0.1, 0.15) is 11.1 Å². The van der Waals surface area contributed by atoms with E-state index in [1.807, 2.05) is 17.9 Å². The Morgan fingerprint density at radius 3 is 2.17 bits per heavy atom. The predicted octanol–water partition coefficient (Wildman–Crippen LogP) is -0.102. The van der Waals surface area contributed by atoms with Crippen molar-refractivity contribution >= 4 is 20.0 Å². The van der Waals surface area contributed by atoms with E-state index in [9.17, 15) is 16.8 Å². The van der Waals surface area contributed by atoms with E-state index >= 15 is 0 Å². The van der Waals surface area contributed by atoms with Crippen LogP contribution in [-0.2, 0) is 20.0 Å². The highest BCUT2D eigenvalue weighted by Gasteiger charge is 2.29. The first-order valence-electron chi connectivity index (χ1n) is 7.40. The average Bonchev–Trinajstić information content (AvgIpc) is 2.44. The van der Waals surface area contributed by atoms with Crippen molar-refractivity contribution in [2.75, 3.05) is 38.5 Å². The van der Waals surface area contributed by atoms with Gasteiger partial charge in [-0.15, -0.1) is 0 Å². The maximum Gasteiger partial charge on any atom is 0.243 e. The largest absolute Gasteiger partial charge is 0.300 e. The van der Waals surface area contributed by atoms with Gasteiger partial charge in [0.2, 0.25) is 20.0 Å². The van der Waals surface area contributed by atoms with Crippen molar-refractivity contribution in [2.24, 2.45) is 5.14 Å². The van der Waals surface area contributed by atoms with E-state index in [-0.39, 0.29) is 5.75 Å². The summed E-state index contributed by atoms with van der Waals surface area (Å²) in [4.78, 5) is 2.25. The van der Waals surface area contributed by atoms with Crippen molar-refractivity contribution in [3.05, 3.63) is 29.3 Å². The van der Waals surface area contributed by atoms with Crippen molar-refractivity contribution in [3.63, 3.8) is 0 Å². The molecule has 2 rings (SSSR count). The van der Waals surface area contributed by atoms with Crippen LogP contribution in [0.2, 0.25) is 0 Å². The molecule has 0 bridgehead atoms. The van der Waals surface area contributed by atoms with Gasteiger partial charge < -0.3 is 0 Å². The van der Waals surface area contributed by atoms with Gasteiger partial charge in [0.05, 0.1) is 10.6 Å². The van der Waals surface area contributed by atoms with E-state index in [2.05, 4.69) is 0 Å². The minimum Gasteiger partial charge on any atom is -0.300 e. The fourth-order valence-electron chi connectivity index (χ4n) is 2.68. The molecule has 130 valence electrons. The third kappa shape index (κ3) is 4.74. The van der Waals surface area contributed by atoms with Gasteiger partial charge in [0.15, 0.2) is 0 Å². The van der Waals surface area contributed by atoms with Gasteiger partial charge >= 0.3 is 0 Å². The lowest BCUT2D eigenvalue weighted by molar-refractivity contribution is 0.197. The fourth-order valence-corrected chi connectivity index (χ4v) is 4.82. The minimum atomic E-state index is -3.51. The van der Waals surface area contributed by atoms with Crippen LogP contribution >= 0.6 is 0 Å². The number of rotatable bonds is 5. The third-order valence-corrected chi connectivity index (χ3v) is 6.78. The molecule has 0 atom stereocenters. The Morgan fingerprint density at radius 1 is 1.04 bits per heavy atom. The molecule has 0 amide bonds. The SMILES string of the molecule is Cc1ccc(S(=O)(=O)N2CCN(CCS(N)(=O)=O)CC2)c(C)c1. The molecule has 7 nitrogen and oxygen atoms in total. The van der Waals surface area contributed by atoms with Crippen LogP contribution in [0, 0.1) is 13.8 Å². The van der Waals surface area contributed by atoms with Gasteiger partial charge in [0, 0.05) is 32.7 Å². The van der Waals surface area contributed by atoms with E-state index in [1.165, 1.54) is 4.31 Å². The number of hydrogen-bond acceptors (Lipinski definition) is 5. The molecular formula is C14H23N3O4S2. The number of benzene rings is 1. The normalized spacial score (nSPS) is 18.2. The topological polar surface area (TPSA) is 101 Å². The van der Waals surface area contributed by atoms with Crippen LogP contribution in [0.15, 0.2) is 23.1 Å². The Bertz CT molecular complexity index is 767. The average molecular weight is 361 g/mol. The highest BCUT2D eigenvalue weighted by Crippen LogP contribution is 2.22. The van der Waals surface area contributed by atoms with Gasteiger partial charge in [-0.25, -0.2) is 22.0 Å². The Hall–Kier alpha value is -1.00. The summed E-state index contributed by atoms with van der Waals surface area (Å²) in [6.07, 6.45) is 0. The second-order valence-corrected chi connectivity index (χ2v) is 9.52. The first-order chi connectivity index (χ1) is 10.6. The summed E-state index contributed by atoms with van der Waals surface area (Å²) in [5.74, 6) is -0.114. The third-order valence-electron chi connectivity index (χ3n) is 3.97. The predicted molar refractivity (Wildman–Crippen MR) is 89.1 cm³/mol. The highest BCUT2D eigenvalue weighted by molar-refractivity contribution is 7.89. The van der Waals surface area contributed by atoms with Gasteiger partial charge in [-0.1, -0.05) is 17.7 Å². The number of primary sulfonamides is 1. The number of nitrogens with zero attached hydrogens (tertiary/aromatic N) is 2. The van der Waals surface area contributed by atoms with Crippen molar-refractivity contribution in [1.82, 2.24) is 9.21 Å². The Kier molecular flexibility index (Phi) is 5.47. The van der Waals surface area contributed by atoms with Gasteiger partial charge in [-0.3, -0.25) is 4.90 Å². The summed E-state index contributed by atoms with van der Waals surface area (Å²) in [7, 11) is -7.00. The van der Waals surface area contributed by atoms with Crippen LogP contribution in [0.3, 0.4) is 0 Å². The lowest BCUT2D eigenvalue weighted by atomic mass is 10.2. The molecule has 0 aliphatic carbocycles. The van der Waals surface area contributed by atoms with E-state index in [0.29, 0.717) is 37.6 Å². The van der Waals surface area contributed by atoms with Gasteiger partial charge in [0.25, 0.3) is 0 Å². The quantitative estimate of drug-likeness (QED) is 0.789. The first kappa shape index (κ1) is 18.3. The van der Waals surface area contributed by atoms with Crippen molar-refractivity contribution in [3.8, 4) is 0 Å². The van der Waals surface area contributed by atoms with E-state index in [4.69, 9.17) is 5.14 Å². The highest BCUT2D eigenvalue weighted by atomic mass is 32.2. The lowest BCUT2D eigenvalue weighted by Gasteiger charge is -2.34. The Balaban J connectivity index is 2.04. The molecule has 0 radical (unpaired) electrons. The summed E-state index contributed by atoms with van der Waals surface area (Å²) in [5.41, 5.74) is 1.76. The molecule has 1 fully saturated rings. The molecule has 1 aromatic rings. The first-order valence-corrected chi connectivity index (χ1v) is 10.6. The second-order valence-electron chi connectivity index (χ2n) is 5.88. The molecule has 1 aromatic carbocycles. The van der Waals surface area contributed by atoms with Crippen LogP contribution in [-0.4, -0.2) is 64.5 Å². The molecule has 1 aliphatic rings. The molecular weight excluding hydrogens is 338 g/mol.